The van der Waals surface area contributed by atoms with Gasteiger partial charge in [0.1, 0.15) is 30.0 Å². The molecule has 0 fully saturated rings. The molecule has 208 valence electrons. The third-order valence-corrected chi connectivity index (χ3v) is 7.03. The fourth-order valence-electron chi connectivity index (χ4n) is 4.14. The van der Waals surface area contributed by atoms with Crippen LogP contribution in [0.25, 0.3) is 10.7 Å². The van der Waals surface area contributed by atoms with Gasteiger partial charge in [-0.05, 0) is 76.3 Å². The zero-order chi connectivity index (χ0) is 28.8. The van der Waals surface area contributed by atoms with Crippen LogP contribution in [0.1, 0.15) is 17.2 Å². The smallest absolute Gasteiger partial charge is 0.251 e. The van der Waals surface area contributed by atoms with E-state index in [9.17, 15) is 18.4 Å². The van der Waals surface area contributed by atoms with E-state index < -0.39 is 29.5 Å². The number of anilines is 1. The number of thiophene rings is 1. The lowest BCUT2D eigenvalue weighted by molar-refractivity contribution is -0.127. The highest BCUT2D eigenvalue weighted by Crippen LogP contribution is 2.30. The van der Waals surface area contributed by atoms with Crippen LogP contribution in [0.3, 0.4) is 0 Å². The Morgan fingerprint density at radius 2 is 1.66 bits per heavy atom. The highest BCUT2D eigenvalue weighted by atomic mass is 32.1. The molecular formula is C29H24F2N6O3S. The predicted octanol–water partition coefficient (Wildman–Crippen LogP) is 4.78. The van der Waals surface area contributed by atoms with E-state index >= 15 is 0 Å². The molecule has 1 atom stereocenters. The third kappa shape index (κ3) is 6.61. The van der Waals surface area contributed by atoms with Gasteiger partial charge in [0.25, 0.3) is 5.91 Å². The number of ether oxygens (including phenoxy) is 1. The lowest BCUT2D eigenvalue weighted by Gasteiger charge is -2.31. The summed E-state index contributed by atoms with van der Waals surface area (Å²) in [4.78, 5) is 31.0. The van der Waals surface area contributed by atoms with Crippen molar-refractivity contribution in [2.45, 2.75) is 19.1 Å². The summed E-state index contributed by atoms with van der Waals surface area (Å²) < 4.78 is 32.5. The maximum Gasteiger partial charge on any atom is 0.251 e. The van der Waals surface area contributed by atoms with E-state index in [0.717, 1.165) is 9.67 Å². The SMILES string of the molecule is COc1ccc(N(C(=O)Cn2nnc(-c3cccs3)n2)C(C(=O)NCc2ccc(F)cc2)c2ccc(F)cc2)cc1. The van der Waals surface area contributed by atoms with Gasteiger partial charge in [0, 0.05) is 12.2 Å². The van der Waals surface area contributed by atoms with Gasteiger partial charge in [-0.3, -0.25) is 14.5 Å². The van der Waals surface area contributed by atoms with E-state index in [-0.39, 0.29) is 13.1 Å². The van der Waals surface area contributed by atoms with Gasteiger partial charge in [-0.2, -0.15) is 4.80 Å². The largest absolute Gasteiger partial charge is 0.497 e. The molecule has 5 rings (SSSR count). The highest BCUT2D eigenvalue weighted by molar-refractivity contribution is 7.13. The van der Waals surface area contributed by atoms with E-state index in [4.69, 9.17) is 4.74 Å². The molecule has 0 aliphatic rings. The number of aromatic nitrogens is 4. The van der Waals surface area contributed by atoms with Crippen LogP contribution in [-0.4, -0.2) is 39.1 Å². The van der Waals surface area contributed by atoms with Crippen molar-refractivity contribution >= 4 is 28.8 Å². The molecule has 0 bridgehead atoms. The van der Waals surface area contributed by atoms with E-state index in [1.165, 1.54) is 59.7 Å². The average Bonchev–Trinajstić information content (AvgIpc) is 3.69. The van der Waals surface area contributed by atoms with Crippen LogP contribution in [0.2, 0.25) is 0 Å². The minimum absolute atomic E-state index is 0.0796. The number of carbonyl (C=O) groups is 2. The second-order valence-electron chi connectivity index (χ2n) is 8.88. The van der Waals surface area contributed by atoms with Crippen molar-refractivity contribution in [3.05, 3.63) is 113 Å². The molecule has 9 nitrogen and oxygen atoms in total. The molecule has 0 aliphatic heterocycles. The van der Waals surface area contributed by atoms with Gasteiger partial charge in [0.2, 0.25) is 11.7 Å². The molecule has 0 spiro atoms. The van der Waals surface area contributed by atoms with Gasteiger partial charge in [-0.15, -0.1) is 21.5 Å². The predicted molar refractivity (Wildman–Crippen MR) is 149 cm³/mol. The molecule has 12 heteroatoms. The minimum Gasteiger partial charge on any atom is -0.497 e. The molecule has 5 aromatic rings. The van der Waals surface area contributed by atoms with Gasteiger partial charge in [0.05, 0.1) is 12.0 Å². The molecule has 3 aromatic carbocycles. The number of halogens is 2. The number of tetrazole rings is 1. The number of nitrogens with zero attached hydrogens (tertiary/aromatic N) is 5. The Labute approximate surface area is 238 Å². The highest BCUT2D eigenvalue weighted by Gasteiger charge is 2.33. The maximum absolute atomic E-state index is 13.9. The first-order chi connectivity index (χ1) is 19.9. The average molecular weight is 575 g/mol. The molecule has 1 unspecified atom stereocenters. The van der Waals surface area contributed by atoms with Crippen molar-refractivity contribution in [3.63, 3.8) is 0 Å². The summed E-state index contributed by atoms with van der Waals surface area (Å²) >= 11 is 1.44. The van der Waals surface area contributed by atoms with Crippen molar-refractivity contribution in [2.24, 2.45) is 0 Å². The Morgan fingerprint density at radius 1 is 0.976 bits per heavy atom. The summed E-state index contributed by atoms with van der Waals surface area (Å²) in [7, 11) is 1.52. The van der Waals surface area contributed by atoms with E-state index in [1.54, 1.807) is 36.4 Å². The lowest BCUT2D eigenvalue weighted by atomic mass is 10.0. The van der Waals surface area contributed by atoms with Gasteiger partial charge in [-0.1, -0.05) is 30.3 Å². The molecule has 41 heavy (non-hydrogen) atoms. The minimum atomic E-state index is -1.20. The second-order valence-corrected chi connectivity index (χ2v) is 9.83. The maximum atomic E-state index is 13.9. The van der Waals surface area contributed by atoms with Crippen molar-refractivity contribution in [1.82, 2.24) is 25.5 Å². The summed E-state index contributed by atoms with van der Waals surface area (Å²) in [6.45, 7) is -0.246. The summed E-state index contributed by atoms with van der Waals surface area (Å²) in [6, 6.07) is 20.1. The van der Waals surface area contributed by atoms with Crippen LogP contribution in [0, 0.1) is 11.6 Å². The summed E-state index contributed by atoms with van der Waals surface area (Å²) in [5.74, 6) is -1.01. The van der Waals surface area contributed by atoms with Crippen LogP contribution in [0.5, 0.6) is 5.75 Å². The molecule has 0 radical (unpaired) electrons. The Kier molecular flexibility index (Phi) is 8.39. The first-order valence-electron chi connectivity index (χ1n) is 12.5. The first-order valence-corrected chi connectivity index (χ1v) is 13.3. The molecule has 1 N–H and O–H groups in total. The summed E-state index contributed by atoms with van der Waals surface area (Å²) in [5, 5.41) is 17.1. The zero-order valence-electron chi connectivity index (χ0n) is 21.8. The molecular weight excluding hydrogens is 550 g/mol. The normalized spacial score (nSPS) is 11.6. The van der Waals surface area contributed by atoms with Gasteiger partial charge in [-0.25, -0.2) is 8.78 Å². The summed E-state index contributed by atoms with van der Waals surface area (Å²) in [6.07, 6.45) is 0. The molecule has 2 amide bonds. The van der Waals surface area contributed by atoms with Crippen LogP contribution >= 0.6 is 11.3 Å². The Morgan fingerprint density at radius 3 is 2.29 bits per heavy atom. The van der Waals surface area contributed by atoms with Crippen molar-refractivity contribution < 1.29 is 23.1 Å². The third-order valence-electron chi connectivity index (χ3n) is 6.16. The first kappa shape index (κ1) is 27.6. The van der Waals surface area contributed by atoms with Crippen LogP contribution < -0.4 is 15.0 Å². The lowest BCUT2D eigenvalue weighted by Crippen LogP contribution is -2.45. The van der Waals surface area contributed by atoms with Gasteiger partial charge >= 0.3 is 0 Å². The number of hydrogen-bond donors (Lipinski definition) is 1. The number of carbonyl (C=O) groups excluding carboxylic acids is 2. The van der Waals surface area contributed by atoms with Crippen LogP contribution in [-0.2, 0) is 22.7 Å². The molecule has 0 aliphatic carbocycles. The molecule has 2 heterocycles. The Balaban J connectivity index is 1.50. The number of hydrogen-bond acceptors (Lipinski definition) is 7. The topological polar surface area (TPSA) is 102 Å². The van der Waals surface area contributed by atoms with Crippen LogP contribution in [0.4, 0.5) is 14.5 Å². The van der Waals surface area contributed by atoms with E-state index in [1.807, 2.05) is 17.5 Å². The van der Waals surface area contributed by atoms with E-state index in [0.29, 0.717) is 28.4 Å². The number of methoxy groups -OCH3 is 1. The number of amides is 2. The molecule has 0 saturated heterocycles. The van der Waals surface area contributed by atoms with Crippen molar-refractivity contribution in [3.8, 4) is 16.5 Å². The van der Waals surface area contributed by atoms with Gasteiger partial charge < -0.3 is 10.1 Å². The fraction of sp³-hybridized carbons (Fsp3) is 0.138. The van der Waals surface area contributed by atoms with Crippen LogP contribution in [0.15, 0.2) is 90.3 Å². The van der Waals surface area contributed by atoms with E-state index in [2.05, 4.69) is 20.7 Å². The van der Waals surface area contributed by atoms with Crippen molar-refractivity contribution in [1.29, 1.82) is 0 Å². The zero-order valence-corrected chi connectivity index (χ0v) is 22.6. The Hall–Kier alpha value is -4.97. The summed E-state index contributed by atoms with van der Waals surface area (Å²) in [5.41, 5.74) is 1.42. The Bertz CT molecular complexity index is 1610. The fourth-order valence-corrected chi connectivity index (χ4v) is 4.79. The van der Waals surface area contributed by atoms with Crippen molar-refractivity contribution in [2.75, 3.05) is 12.0 Å². The quantitative estimate of drug-likeness (QED) is 0.258. The number of rotatable bonds is 10. The molecule has 0 saturated carbocycles. The monoisotopic (exact) mass is 574 g/mol. The second kappa shape index (κ2) is 12.5. The molecule has 2 aromatic heterocycles. The number of nitrogens with one attached hydrogen (secondary N) is 1. The van der Waals surface area contributed by atoms with Gasteiger partial charge in [0.15, 0.2) is 0 Å². The standard InChI is InChI=1S/C29H24F2N6O3S/c1-40-24-14-12-23(13-15-24)37(26(38)18-36-34-28(33-35-36)25-3-2-16-41-25)27(20-6-10-22(31)11-7-20)29(39)32-17-19-4-8-21(30)9-5-19/h2-16,27H,17-18H2,1H3,(H,32,39). The number of benzene rings is 3.